The van der Waals surface area contributed by atoms with E-state index >= 15 is 0 Å². The van der Waals surface area contributed by atoms with E-state index in [-0.39, 0.29) is 24.4 Å². The highest BCUT2D eigenvalue weighted by molar-refractivity contribution is 6.31. The van der Waals surface area contributed by atoms with E-state index in [0.29, 0.717) is 10.7 Å². The molecule has 0 spiro atoms. The van der Waals surface area contributed by atoms with Crippen LogP contribution in [0.2, 0.25) is 5.02 Å². The summed E-state index contributed by atoms with van der Waals surface area (Å²) in [6, 6.07) is 4.50. The molecule has 0 radical (unpaired) electrons. The van der Waals surface area contributed by atoms with Crippen LogP contribution in [0.3, 0.4) is 0 Å². The molecule has 2 amide bonds. The largest absolute Gasteiger partial charge is 0.465 e. The fourth-order valence-corrected chi connectivity index (χ4v) is 2.34. The number of esters is 1. The Morgan fingerprint density at radius 2 is 2.10 bits per heavy atom. The van der Waals surface area contributed by atoms with Crippen molar-refractivity contribution in [2.24, 2.45) is 11.7 Å². The molecule has 1 aliphatic rings. The minimum atomic E-state index is -0.549. The Kier molecular flexibility index (Phi) is 3.94. The summed E-state index contributed by atoms with van der Waals surface area (Å²) in [6.45, 7) is 0.190. The highest BCUT2D eigenvalue weighted by atomic mass is 35.5. The summed E-state index contributed by atoms with van der Waals surface area (Å²) < 4.78 is 4.62. The van der Waals surface area contributed by atoms with Gasteiger partial charge in [0.2, 0.25) is 11.8 Å². The summed E-state index contributed by atoms with van der Waals surface area (Å²) in [5.74, 6) is -1.82. The first kappa shape index (κ1) is 14.3. The molecule has 1 saturated heterocycles. The van der Waals surface area contributed by atoms with E-state index in [1.807, 2.05) is 0 Å². The number of methoxy groups -OCH3 is 1. The average Bonchev–Trinajstić information content (AvgIpc) is 2.79. The maximum atomic E-state index is 11.9. The number of rotatable bonds is 3. The first-order valence-electron chi connectivity index (χ1n) is 5.91. The summed E-state index contributed by atoms with van der Waals surface area (Å²) in [5, 5.41) is 0.304. The van der Waals surface area contributed by atoms with Crippen molar-refractivity contribution in [2.75, 3.05) is 18.6 Å². The molecule has 106 valence electrons. The Balaban J connectivity index is 2.33. The van der Waals surface area contributed by atoms with Crippen LogP contribution in [0.4, 0.5) is 5.69 Å². The third-order valence-corrected chi connectivity index (χ3v) is 3.36. The molecule has 0 aliphatic carbocycles. The maximum absolute atomic E-state index is 11.9. The van der Waals surface area contributed by atoms with Crippen LogP contribution in [0.15, 0.2) is 18.2 Å². The monoisotopic (exact) mass is 296 g/mol. The molecule has 1 heterocycles. The average molecular weight is 297 g/mol. The summed E-state index contributed by atoms with van der Waals surface area (Å²) in [6.07, 6.45) is 0.0649. The maximum Gasteiger partial charge on any atom is 0.337 e. The molecule has 0 saturated carbocycles. The van der Waals surface area contributed by atoms with Gasteiger partial charge in [0.05, 0.1) is 18.6 Å². The number of hydrogen-bond acceptors (Lipinski definition) is 4. The summed E-state index contributed by atoms with van der Waals surface area (Å²) >= 11 is 5.94. The van der Waals surface area contributed by atoms with Crippen molar-refractivity contribution >= 4 is 35.1 Å². The number of halogens is 1. The van der Waals surface area contributed by atoms with Gasteiger partial charge in [-0.05, 0) is 18.2 Å². The number of nitrogens with two attached hydrogens (primary N) is 1. The van der Waals surface area contributed by atoms with Crippen LogP contribution >= 0.6 is 11.6 Å². The van der Waals surface area contributed by atoms with Gasteiger partial charge in [-0.3, -0.25) is 9.59 Å². The Morgan fingerprint density at radius 1 is 1.40 bits per heavy atom. The van der Waals surface area contributed by atoms with Crippen LogP contribution in [-0.4, -0.2) is 31.4 Å². The van der Waals surface area contributed by atoms with Gasteiger partial charge in [0.1, 0.15) is 0 Å². The number of benzene rings is 1. The lowest BCUT2D eigenvalue weighted by Gasteiger charge is -2.17. The SMILES string of the molecule is COC(=O)c1cc(Cl)cc(N2CC(C(N)=O)CC2=O)c1. The van der Waals surface area contributed by atoms with Crippen LogP contribution in [-0.2, 0) is 14.3 Å². The standard InChI is InChI=1S/C13H13ClN2O4/c1-20-13(19)7-2-9(14)5-10(3-7)16-6-8(12(15)18)4-11(16)17/h2-3,5,8H,4,6H2,1H3,(H2,15,18). The Bertz CT molecular complexity index is 588. The minimum Gasteiger partial charge on any atom is -0.465 e. The van der Waals surface area contributed by atoms with Crippen LogP contribution in [0, 0.1) is 5.92 Å². The molecular weight excluding hydrogens is 284 g/mol. The Labute approximate surface area is 120 Å². The highest BCUT2D eigenvalue weighted by Crippen LogP contribution is 2.28. The van der Waals surface area contributed by atoms with E-state index in [0.717, 1.165) is 0 Å². The Morgan fingerprint density at radius 3 is 2.65 bits per heavy atom. The highest BCUT2D eigenvalue weighted by Gasteiger charge is 2.34. The van der Waals surface area contributed by atoms with E-state index in [9.17, 15) is 14.4 Å². The van der Waals surface area contributed by atoms with Gasteiger partial charge in [0.15, 0.2) is 0 Å². The van der Waals surface area contributed by atoms with Crippen molar-refractivity contribution in [3.63, 3.8) is 0 Å². The molecule has 1 atom stereocenters. The number of hydrogen-bond donors (Lipinski definition) is 1. The molecule has 0 aromatic heterocycles. The topological polar surface area (TPSA) is 89.7 Å². The quantitative estimate of drug-likeness (QED) is 0.841. The predicted octanol–water partition coefficient (Wildman–Crippen LogP) is 0.965. The lowest BCUT2D eigenvalue weighted by atomic mass is 10.1. The van der Waals surface area contributed by atoms with E-state index in [4.69, 9.17) is 17.3 Å². The second kappa shape index (κ2) is 5.50. The molecule has 6 nitrogen and oxygen atoms in total. The zero-order valence-electron chi connectivity index (χ0n) is 10.8. The van der Waals surface area contributed by atoms with E-state index < -0.39 is 17.8 Å². The van der Waals surface area contributed by atoms with Gasteiger partial charge in [-0.25, -0.2) is 4.79 Å². The molecule has 7 heteroatoms. The van der Waals surface area contributed by atoms with Gasteiger partial charge >= 0.3 is 5.97 Å². The van der Waals surface area contributed by atoms with Crippen LogP contribution in [0.5, 0.6) is 0 Å². The van der Waals surface area contributed by atoms with E-state index in [2.05, 4.69) is 4.74 Å². The van der Waals surface area contributed by atoms with Gasteiger partial charge in [-0.1, -0.05) is 11.6 Å². The van der Waals surface area contributed by atoms with E-state index in [1.165, 1.54) is 24.1 Å². The van der Waals surface area contributed by atoms with Gasteiger partial charge in [-0.2, -0.15) is 0 Å². The first-order chi connectivity index (χ1) is 9.42. The first-order valence-corrected chi connectivity index (χ1v) is 6.28. The van der Waals surface area contributed by atoms with Crippen molar-refractivity contribution in [1.29, 1.82) is 0 Å². The van der Waals surface area contributed by atoms with Gasteiger partial charge in [0.25, 0.3) is 0 Å². The molecule has 1 fully saturated rings. The second-order valence-electron chi connectivity index (χ2n) is 4.50. The third kappa shape index (κ3) is 2.75. The smallest absolute Gasteiger partial charge is 0.337 e. The Hall–Kier alpha value is -2.08. The molecule has 2 N–H and O–H groups in total. The number of anilines is 1. The zero-order chi connectivity index (χ0) is 14.9. The van der Waals surface area contributed by atoms with Crippen molar-refractivity contribution in [3.05, 3.63) is 28.8 Å². The number of amides is 2. The van der Waals surface area contributed by atoms with E-state index in [1.54, 1.807) is 6.07 Å². The van der Waals surface area contributed by atoms with Crippen LogP contribution < -0.4 is 10.6 Å². The zero-order valence-corrected chi connectivity index (χ0v) is 11.5. The second-order valence-corrected chi connectivity index (χ2v) is 4.93. The molecule has 2 rings (SSSR count). The number of primary amides is 1. The normalized spacial score (nSPS) is 18.2. The third-order valence-electron chi connectivity index (χ3n) is 3.14. The number of carbonyl (C=O) groups excluding carboxylic acids is 3. The molecular formula is C13H13ClN2O4. The lowest BCUT2D eigenvalue weighted by molar-refractivity contribution is -0.123. The van der Waals surface area contributed by atoms with Crippen molar-refractivity contribution in [3.8, 4) is 0 Å². The van der Waals surface area contributed by atoms with Crippen LogP contribution in [0.25, 0.3) is 0 Å². The predicted molar refractivity (Wildman–Crippen MR) is 72.4 cm³/mol. The van der Waals surface area contributed by atoms with Gasteiger partial charge < -0.3 is 15.4 Å². The number of carbonyl (C=O) groups is 3. The molecule has 20 heavy (non-hydrogen) atoms. The lowest BCUT2D eigenvalue weighted by Crippen LogP contribution is -2.28. The van der Waals surface area contributed by atoms with Gasteiger partial charge in [-0.15, -0.1) is 0 Å². The molecule has 1 aromatic carbocycles. The van der Waals surface area contributed by atoms with Gasteiger partial charge in [0, 0.05) is 23.7 Å². The summed E-state index contributed by atoms with van der Waals surface area (Å²) in [4.78, 5) is 36.0. The number of nitrogens with zero attached hydrogens (tertiary/aromatic N) is 1. The van der Waals surface area contributed by atoms with Crippen molar-refractivity contribution in [1.82, 2.24) is 0 Å². The molecule has 1 aliphatic heterocycles. The fraction of sp³-hybridized carbons (Fsp3) is 0.308. The fourth-order valence-electron chi connectivity index (χ4n) is 2.11. The molecule has 1 unspecified atom stereocenters. The molecule has 1 aromatic rings. The van der Waals surface area contributed by atoms with Crippen molar-refractivity contribution in [2.45, 2.75) is 6.42 Å². The summed E-state index contributed by atoms with van der Waals surface area (Å²) in [7, 11) is 1.26. The minimum absolute atomic E-state index is 0.0649. The van der Waals surface area contributed by atoms with Crippen molar-refractivity contribution < 1.29 is 19.1 Å². The number of ether oxygens (including phenoxy) is 1. The molecule has 0 bridgehead atoms. The summed E-state index contributed by atoms with van der Waals surface area (Å²) in [5.41, 5.74) is 5.90. The van der Waals surface area contributed by atoms with Crippen LogP contribution in [0.1, 0.15) is 16.8 Å².